The molecule has 0 saturated carbocycles. The summed E-state index contributed by atoms with van der Waals surface area (Å²) in [6.07, 6.45) is 1.76. The third-order valence-corrected chi connectivity index (χ3v) is 6.81. The lowest BCUT2D eigenvalue weighted by molar-refractivity contribution is 0.171. The standard InChI is InChI=1S/C15H24N2O6S2/c1-4-12(2)17(24(3,18)19)8-7-16-25(20,21)13-5-6-14-15(11-13)23-10-9-22-14/h5-6,11-12,16H,4,7-10H2,1-3H3. The van der Waals surface area contributed by atoms with Crippen molar-refractivity contribution in [3.05, 3.63) is 18.2 Å². The van der Waals surface area contributed by atoms with Crippen LogP contribution in [-0.2, 0) is 20.0 Å². The molecule has 142 valence electrons. The SMILES string of the molecule is CCC(C)N(CCNS(=O)(=O)c1ccc2c(c1)OCCO2)S(C)(=O)=O. The zero-order valence-electron chi connectivity index (χ0n) is 14.6. The predicted molar refractivity (Wildman–Crippen MR) is 93.9 cm³/mol. The van der Waals surface area contributed by atoms with Gasteiger partial charge in [-0.15, -0.1) is 0 Å². The van der Waals surface area contributed by atoms with Gasteiger partial charge in [0.1, 0.15) is 13.2 Å². The molecule has 1 N–H and O–H groups in total. The van der Waals surface area contributed by atoms with Gasteiger partial charge in [-0.1, -0.05) is 6.92 Å². The molecule has 0 aliphatic carbocycles. The Morgan fingerprint density at radius 2 is 1.80 bits per heavy atom. The van der Waals surface area contributed by atoms with Crippen molar-refractivity contribution in [1.82, 2.24) is 9.03 Å². The highest BCUT2D eigenvalue weighted by Crippen LogP contribution is 2.32. The molecular weight excluding hydrogens is 368 g/mol. The zero-order valence-corrected chi connectivity index (χ0v) is 16.2. The van der Waals surface area contributed by atoms with Gasteiger partial charge in [-0.05, 0) is 25.5 Å². The smallest absolute Gasteiger partial charge is 0.240 e. The third kappa shape index (κ3) is 5.06. The predicted octanol–water partition coefficient (Wildman–Crippen LogP) is 0.796. The van der Waals surface area contributed by atoms with Crippen LogP contribution in [0.4, 0.5) is 0 Å². The van der Waals surface area contributed by atoms with Crippen LogP contribution in [0, 0.1) is 0 Å². The van der Waals surface area contributed by atoms with Crippen LogP contribution in [0.5, 0.6) is 11.5 Å². The molecule has 0 amide bonds. The normalized spacial score (nSPS) is 16.0. The number of hydrogen-bond acceptors (Lipinski definition) is 6. The molecule has 1 unspecified atom stereocenters. The van der Waals surface area contributed by atoms with Crippen LogP contribution in [0.2, 0.25) is 0 Å². The molecule has 1 aromatic carbocycles. The van der Waals surface area contributed by atoms with Crippen molar-refractivity contribution in [2.24, 2.45) is 0 Å². The van der Waals surface area contributed by atoms with Crippen molar-refractivity contribution in [2.45, 2.75) is 31.2 Å². The van der Waals surface area contributed by atoms with E-state index in [4.69, 9.17) is 9.47 Å². The Kier molecular flexibility index (Phi) is 6.30. The minimum absolute atomic E-state index is 0.0197. The maximum absolute atomic E-state index is 12.4. The second-order valence-corrected chi connectivity index (χ2v) is 9.54. The van der Waals surface area contributed by atoms with Gasteiger partial charge in [-0.2, -0.15) is 4.31 Å². The number of nitrogens with one attached hydrogen (secondary N) is 1. The average Bonchev–Trinajstić information content (AvgIpc) is 2.56. The quantitative estimate of drug-likeness (QED) is 0.702. The molecule has 1 aliphatic rings. The summed E-state index contributed by atoms with van der Waals surface area (Å²) in [5.41, 5.74) is 0. The number of benzene rings is 1. The Morgan fingerprint density at radius 1 is 1.16 bits per heavy atom. The van der Waals surface area contributed by atoms with Gasteiger partial charge in [0, 0.05) is 25.2 Å². The van der Waals surface area contributed by atoms with E-state index < -0.39 is 20.0 Å². The minimum atomic E-state index is -3.77. The van der Waals surface area contributed by atoms with Crippen molar-refractivity contribution in [2.75, 3.05) is 32.6 Å². The second kappa shape index (κ2) is 7.90. The summed E-state index contributed by atoms with van der Waals surface area (Å²) in [4.78, 5) is 0.0474. The Balaban J connectivity index is 2.06. The number of sulfonamides is 2. The summed E-state index contributed by atoms with van der Waals surface area (Å²) in [5, 5.41) is 0. The summed E-state index contributed by atoms with van der Waals surface area (Å²) >= 11 is 0. The van der Waals surface area contributed by atoms with Crippen LogP contribution in [0.1, 0.15) is 20.3 Å². The lowest BCUT2D eigenvalue weighted by Gasteiger charge is -2.26. The highest BCUT2D eigenvalue weighted by molar-refractivity contribution is 7.89. The Labute approximate surface area is 149 Å². The lowest BCUT2D eigenvalue weighted by Crippen LogP contribution is -2.42. The van der Waals surface area contributed by atoms with Crippen LogP contribution in [0.3, 0.4) is 0 Å². The Morgan fingerprint density at radius 3 is 2.40 bits per heavy atom. The van der Waals surface area contributed by atoms with Crippen molar-refractivity contribution < 1.29 is 26.3 Å². The molecule has 0 bridgehead atoms. The van der Waals surface area contributed by atoms with Crippen molar-refractivity contribution in [3.8, 4) is 11.5 Å². The molecular formula is C15H24N2O6S2. The molecule has 0 saturated heterocycles. The number of hydrogen-bond donors (Lipinski definition) is 1. The van der Waals surface area contributed by atoms with Gasteiger partial charge in [0.25, 0.3) is 0 Å². The lowest BCUT2D eigenvalue weighted by atomic mass is 10.2. The van der Waals surface area contributed by atoms with Crippen LogP contribution >= 0.6 is 0 Å². The molecule has 10 heteroatoms. The Bertz CT molecular complexity index is 807. The van der Waals surface area contributed by atoms with E-state index >= 15 is 0 Å². The van der Waals surface area contributed by atoms with E-state index in [1.54, 1.807) is 13.0 Å². The molecule has 0 spiro atoms. The molecule has 0 aromatic heterocycles. The summed E-state index contributed by atoms with van der Waals surface area (Å²) in [7, 11) is -7.18. The highest BCUT2D eigenvalue weighted by atomic mass is 32.2. The van der Waals surface area contributed by atoms with E-state index in [0.717, 1.165) is 6.26 Å². The monoisotopic (exact) mass is 392 g/mol. The first-order valence-electron chi connectivity index (χ1n) is 8.01. The van der Waals surface area contributed by atoms with Crippen molar-refractivity contribution in [1.29, 1.82) is 0 Å². The van der Waals surface area contributed by atoms with Gasteiger partial charge in [-0.25, -0.2) is 21.6 Å². The van der Waals surface area contributed by atoms with Gasteiger partial charge in [-0.3, -0.25) is 0 Å². The number of ether oxygens (including phenoxy) is 2. The maximum Gasteiger partial charge on any atom is 0.240 e. The van der Waals surface area contributed by atoms with Crippen LogP contribution in [0.25, 0.3) is 0 Å². The average molecular weight is 392 g/mol. The Hall–Kier alpha value is -1.36. The number of rotatable bonds is 8. The van der Waals surface area contributed by atoms with Gasteiger partial charge in [0.05, 0.1) is 11.2 Å². The number of fused-ring (bicyclic) bond motifs is 1. The van der Waals surface area contributed by atoms with E-state index in [1.807, 2.05) is 6.92 Å². The molecule has 0 radical (unpaired) electrons. The molecule has 1 atom stereocenters. The van der Waals surface area contributed by atoms with Crippen LogP contribution < -0.4 is 14.2 Å². The van der Waals surface area contributed by atoms with E-state index in [-0.39, 0.29) is 24.0 Å². The third-order valence-electron chi connectivity index (χ3n) is 3.96. The molecule has 8 nitrogen and oxygen atoms in total. The minimum Gasteiger partial charge on any atom is -0.486 e. The first-order chi connectivity index (χ1) is 11.6. The van der Waals surface area contributed by atoms with Gasteiger partial charge >= 0.3 is 0 Å². The van der Waals surface area contributed by atoms with Gasteiger partial charge in [0.15, 0.2) is 11.5 Å². The first-order valence-corrected chi connectivity index (χ1v) is 11.3. The summed E-state index contributed by atoms with van der Waals surface area (Å²) in [6, 6.07) is 4.18. The highest BCUT2D eigenvalue weighted by Gasteiger charge is 2.23. The molecule has 1 aliphatic heterocycles. The molecule has 1 aromatic rings. The van der Waals surface area contributed by atoms with Gasteiger partial charge in [0.2, 0.25) is 20.0 Å². The van der Waals surface area contributed by atoms with Crippen molar-refractivity contribution in [3.63, 3.8) is 0 Å². The fourth-order valence-electron chi connectivity index (χ4n) is 2.48. The summed E-state index contributed by atoms with van der Waals surface area (Å²) in [5.74, 6) is 0.886. The molecule has 25 heavy (non-hydrogen) atoms. The van der Waals surface area contributed by atoms with Gasteiger partial charge < -0.3 is 9.47 Å². The summed E-state index contributed by atoms with van der Waals surface area (Å²) in [6.45, 7) is 4.50. The van der Waals surface area contributed by atoms with E-state index in [2.05, 4.69) is 4.72 Å². The topological polar surface area (TPSA) is 102 Å². The molecule has 1 heterocycles. The van der Waals surface area contributed by atoms with E-state index in [9.17, 15) is 16.8 Å². The van der Waals surface area contributed by atoms with E-state index in [0.29, 0.717) is 31.1 Å². The zero-order chi connectivity index (χ0) is 18.7. The van der Waals surface area contributed by atoms with Crippen molar-refractivity contribution >= 4 is 20.0 Å². The van der Waals surface area contributed by atoms with Crippen LogP contribution in [0.15, 0.2) is 23.1 Å². The molecule has 0 fully saturated rings. The largest absolute Gasteiger partial charge is 0.486 e. The van der Waals surface area contributed by atoms with E-state index in [1.165, 1.54) is 16.4 Å². The summed E-state index contributed by atoms with van der Waals surface area (Å²) < 4.78 is 63.0. The second-order valence-electron chi connectivity index (χ2n) is 5.83. The fraction of sp³-hybridized carbons (Fsp3) is 0.600. The number of nitrogens with zero attached hydrogens (tertiary/aromatic N) is 1. The first kappa shape index (κ1) is 20.0. The molecule has 2 rings (SSSR count). The fourth-order valence-corrected chi connectivity index (χ4v) is 4.74. The maximum atomic E-state index is 12.4. The van der Waals surface area contributed by atoms with Crippen LogP contribution in [-0.4, -0.2) is 59.7 Å².